The second-order valence-corrected chi connectivity index (χ2v) is 6.75. The van der Waals surface area contributed by atoms with Gasteiger partial charge in [-0.15, -0.1) is 0 Å². The Balaban J connectivity index is 1.69. The van der Waals surface area contributed by atoms with Crippen LogP contribution in [0.5, 0.6) is 17.2 Å². The molecule has 1 unspecified atom stereocenters. The molecule has 0 amide bonds. The summed E-state index contributed by atoms with van der Waals surface area (Å²) in [5, 5.41) is 2.43. The predicted octanol–water partition coefficient (Wildman–Crippen LogP) is 2.12. The molecule has 128 valence electrons. The quantitative estimate of drug-likeness (QED) is 0.841. The zero-order valence-corrected chi connectivity index (χ0v) is 14.5. The molecule has 3 heterocycles. The highest BCUT2D eigenvalue weighted by Gasteiger charge is 2.29. The van der Waals surface area contributed by atoms with Crippen molar-refractivity contribution in [2.45, 2.75) is 25.8 Å². The molecule has 0 radical (unpaired) electrons. The van der Waals surface area contributed by atoms with Gasteiger partial charge in [-0.25, -0.2) is 0 Å². The average molecular weight is 335 g/mol. The van der Waals surface area contributed by atoms with Crippen LogP contribution in [-0.2, 0) is 12.8 Å². The minimum absolute atomic E-state index is 0.239. The zero-order valence-electron chi connectivity index (χ0n) is 14.5. The topological polar surface area (TPSA) is 30.9 Å². The van der Waals surface area contributed by atoms with E-state index in [4.69, 9.17) is 14.2 Å². The lowest BCUT2D eigenvalue weighted by Crippen LogP contribution is -2.41. The molecule has 0 saturated heterocycles. The Morgan fingerprint density at radius 2 is 2.04 bits per heavy atom. The number of rotatable bonds is 2. The number of hydrogen-bond donors (Lipinski definition) is 0. The van der Waals surface area contributed by atoms with Crippen molar-refractivity contribution in [2.24, 2.45) is 0 Å². The van der Waals surface area contributed by atoms with E-state index in [1.165, 1.54) is 27.1 Å². The van der Waals surface area contributed by atoms with E-state index in [9.17, 15) is 0 Å². The molecule has 3 aliphatic heterocycles. The summed E-state index contributed by atoms with van der Waals surface area (Å²) in [5.74, 6) is 2.74. The lowest BCUT2D eigenvalue weighted by atomic mass is 9.89. The maximum Gasteiger partial charge on any atom is 0.231 e. The van der Waals surface area contributed by atoms with Crippen LogP contribution in [0.25, 0.3) is 12.3 Å². The number of benzene rings is 2. The fraction of sp³-hybridized carbons (Fsp3) is 0.333. The van der Waals surface area contributed by atoms with Crippen LogP contribution < -0.4 is 24.6 Å². The molecule has 0 N–H and O–H groups in total. The highest BCUT2D eigenvalue weighted by Crippen LogP contribution is 2.41. The Bertz CT molecular complexity index is 980. The molecule has 0 aliphatic carbocycles. The smallest absolute Gasteiger partial charge is 0.231 e. The first kappa shape index (κ1) is 14.7. The molecule has 3 aliphatic rings. The van der Waals surface area contributed by atoms with Gasteiger partial charge in [0.2, 0.25) is 6.79 Å². The van der Waals surface area contributed by atoms with Crippen LogP contribution in [0.3, 0.4) is 0 Å². The number of methoxy groups -OCH3 is 1. The summed E-state index contributed by atoms with van der Waals surface area (Å²) in [7, 11) is 1.76. The average Bonchev–Trinajstić information content (AvgIpc) is 3.11. The van der Waals surface area contributed by atoms with E-state index in [2.05, 4.69) is 48.4 Å². The molecular weight excluding hydrogens is 314 g/mol. The van der Waals surface area contributed by atoms with Crippen LogP contribution in [0.2, 0.25) is 0 Å². The highest BCUT2D eigenvalue weighted by atomic mass is 16.7. The molecule has 0 fully saturated rings. The van der Waals surface area contributed by atoms with E-state index in [1.54, 1.807) is 7.11 Å². The standard InChI is InChI=1S/C21H21NO3/c1-3-13-4-5-14-8-18-16-10-20-19(24-12-25-20)9-15(16)6-7-22(18)11-17(14)21(13)23-2/h4-5,8-11,18H,3,6-7,12H2,1-2H3. The van der Waals surface area contributed by atoms with E-state index >= 15 is 0 Å². The third-order valence-corrected chi connectivity index (χ3v) is 5.48. The van der Waals surface area contributed by atoms with Gasteiger partial charge in [0.1, 0.15) is 5.75 Å². The van der Waals surface area contributed by atoms with Crippen molar-refractivity contribution < 1.29 is 14.2 Å². The van der Waals surface area contributed by atoms with Gasteiger partial charge in [-0.1, -0.05) is 19.1 Å². The molecule has 4 heteroatoms. The van der Waals surface area contributed by atoms with Crippen molar-refractivity contribution in [1.29, 1.82) is 0 Å². The normalized spacial score (nSPS) is 19.3. The van der Waals surface area contributed by atoms with Gasteiger partial charge in [-0.2, -0.15) is 0 Å². The maximum atomic E-state index is 5.73. The second kappa shape index (κ2) is 5.45. The molecule has 2 aromatic rings. The summed E-state index contributed by atoms with van der Waals surface area (Å²) in [4.78, 5) is 2.41. The van der Waals surface area contributed by atoms with Gasteiger partial charge in [0.05, 0.1) is 13.2 Å². The molecule has 5 rings (SSSR count). The predicted molar refractivity (Wildman–Crippen MR) is 96.3 cm³/mol. The molecule has 0 saturated carbocycles. The van der Waals surface area contributed by atoms with Gasteiger partial charge in [-0.05, 0) is 53.0 Å². The number of hydrogen-bond acceptors (Lipinski definition) is 4. The summed E-state index contributed by atoms with van der Waals surface area (Å²) in [6, 6.07) is 8.94. The fourth-order valence-corrected chi connectivity index (χ4v) is 4.18. The minimum Gasteiger partial charge on any atom is -0.496 e. The number of aryl methyl sites for hydroxylation is 1. The van der Waals surface area contributed by atoms with Gasteiger partial charge in [0.15, 0.2) is 11.5 Å². The van der Waals surface area contributed by atoms with Crippen LogP contribution in [0.1, 0.15) is 29.7 Å². The summed E-state index contributed by atoms with van der Waals surface area (Å²) < 4.78 is 16.9. The van der Waals surface area contributed by atoms with E-state index in [0.717, 1.165) is 36.6 Å². The van der Waals surface area contributed by atoms with E-state index in [-0.39, 0.29) is 6.04 Å². The van der Waals surface area contributed by atoms with E-state index in [1.807, 2.05) is 0 Å². The summed E-state index contributed by atoms with van der Waals surface area (Å²) in [6.45, 7) is 3.48. The third kappa shape index (κ3) is 2.13. The molecule has 25 heavy (non-hydrogen) atoms. The fourth-order valence-electron chi connectivity index (χ4n) is 4.18. The van der Waals surface area contributed by atoms with Gasteiger partial charge in [-0.3, -0.25) is 0 Å². The van der Waals surface area contributed by atoms with Crippen molar-refractivity contribution in [3.05, 3.63) is 51.4 Å². The summed E-state index contributed by atoms with van der Waals surface area (Å²) in [6.07, 6.45) is 6.60. The molecule has 0 spiro atoms. The number of nitrogens with zero attached hydrogens (tertiary/aromatic N) is 1. The third-order valence-electron chi connectivity index (χ3n) is 5.48. The van der Waals surface area contributed by atoms with Crippen LogP contribution in [0.4, 0.5) is 0 Å². The minimum atomic E-state index is 0.239. The summed E-state index contributed by atoms with van der Waals surface area (Å²) in [5.41, 5.74) is 3.93. The molecule has 4 nitrogen and oxygen atoms in total. The first-order valence-corrected chi connectivity index (χ1v) is 8.86. The highest BCUT2D eigenvalue weighted by molar-refractivity contribution is 5.58. The Labute approximate surface area is 146 Å². The zero-order chi connectivity index (χ0) is 17.0. The monoisotopic (exact) mass is 335 g/mol. The first-order chi connectivity index (χ1) is 12.3. The molecule has 2 aromatic carbocycles. The van der Waals surface area contributed by atoms with Crippen molar-refractivity contribution in [1.82, 2.24) is 4.90 Å². The van der Waals surface area contributed by atoms with Crippen molar-refractivity contribution in [3.8, 4) is 17.2 Å². The van der Waals surface area contributed by atoms with Crippen LogP contribution in [0.15, 0.2) is 24.3 Å². The largest absolute Gasteiger partial charge is 0.496 e. The lowest BCUT2D eigenvalue weighted by molar-refractivity contribution is 0.174. The Kier molecular flexibility index (Phi) is 3.20. The molecule has 1 atom stereocenters. The van der Waals surface area contributed by atoms with Gasteiger partial charge < -0.3 is 19.1 Å². The van der Waals surface area contributed by atoms with Gasteiger partial charge >= 0.3 is 0 Å². The Morgan fingerprint density at radius 1 is 1.20 bits per heavy atom. The Hall–Kier alpha value is -2.62. The molecular formula is C21H21NO3. The Morgan fingerprint density at radius 3 is 2.84 bits per heavy atom. The summed E-state index contributed by atoms with van der Waals surface area (Å²) >= 11 is 0. The SMILES string of the molecule is CCc1ccc2c(c1OC)=CN1CCc3cc4c(cc3C1C=2)OCO4. The maximum absolute atomic E-state index is 5.73. The number of ether oxygens (including phenoxy) is 3. The molecule has 0 bridgehead atoms. The van der Waals surface area contributed by atoms with E-state index in [0.29, 0.717) is 6.79 Å². The van der Waals surface area contributed by atoms with Crippen molar-refractivity contribution >= 4 is 12.3 Å². The first-order valence-electron chi connectivity index (χ1n) is 8.86. The molecule has 0 aromatic heterocycles. The van der Waals surface area contributed by atoms with Gasteiger partial charge in [0.25, 0.3) is 0 Å². The van der Waals surface area contributed by atoms with Crippen molar-refractivity contribution in [3.63, 3.8) is 0 Å². The van der Waals surface area contributed by atoms with Gasteiger partial charge in [0, 0.05) is 18.0 Å². The van der Waals surface area contributed by atoms with Crippen molar-refractivity contribution in [2.75, 3.05) is 20.4 Å². The van der Waals surface area contributed by atoms with Crippen LogP contribution in [0, 0.1) is 0 Å². The number of fused-ring (bicyclic) bond motifs is 5. The van der Waals surface area contributed by atoms with Crippen LogP contribution in [-0.4, -0.2) is 25.3 Å². The second-order valence-electron chi connectivity index (χ2n) is 6.75. The van der Waals surface area contributed by atoms with Crippen LogP contribution >= 0.6 is 0 Å². The lowest BCUT2D eigenvalue weighted by Gasteiger charge is -2.37. The van der Waals surface area contributed by atoms with E-state index < -0.39 is 0 Å².